The van der Waals surface area contributed by atoms with Gasteiger partial charge in [0.25, 0.3) is 5.91 Å². The molecule has 0 atom stereocenters. The molecule has 2 aromatic rings. The molecule has 7 heteroatoms. The summed E-state index contributed by atoms with van der Waals surface area (Å²) >= 11 is 0. The van der Waals surface area contributed by atoms with Gasteiger partial charge in [-0.1, -0.05) is 12.1 Å². The Kier molecular flexibility index (Phi) is 6.22. The molecule has 2 amide bonds. The number of amides is 2. The second kappa shape index (κ2) is 8.58. The molecule has 2 rings (SSSR count). The minimum Gasteiger partial charge on any atom is -0.435 e. The zero-order valence-corrected chi connectivity index (χ0v) is 13.3. The first kappa shape index (κ1) is 18.1. The topological polar surface area (TPSA) is 67.4 Å². The number of ether oxygens (including phenoxy) is 1. The van der Waals surface area contributed by atoms with Gasteiger partial charge in [0.1, 0.15) is 5.75 Å². The number of rotatable bonds is 6. The predicted octanol–water partition coefficient (Wildman–Crippen LogP) is 3.30. The van der Waals surface area contributed by atoms with Gasteiger partial charge >= 0.3 is 6.61 Å². The number of halogens is 2. The molecule has 0 unspecified atom stereocenters. The lowest BCUT2D eigenvalue weighted by atomic mass is 10.1. The van der Waals surface area contributed by atoms with Crippen LogP contribution in [0.5, 0.6) is 5.75 Å². The van der Waals surface area contributed by atoms with Crippen molar-refractivity contribution in [3.8, 4) is 5.75 Å². The smallest absolute Gasteiger partial charge is 0.387 e. The molecule has 0 saturated carbocycles. The van der Waals surface area contributed by atoms with Gasteiger partial charge in [-0.3, -0.25) is 9.59 Å². The molecule has 0 aliphatic rings. The third kappa shape index (κ3) is 5.72. The number of anilines is 1. The van der Waals surface area contributed by atoms with Gasteiger partial charge in [0.05, 0.1) is 0 Å². The average Bonchev–Trinajstić information content (AvgIpc) is 2.61. The summed E-state index contributed by atoms with van der Waals surface area (Å²) in [5.74, 6) is -0.551. The zero-order chi connectivity index (χ0) is 18.2. The van der Waals surface area contributed by atoms with E-state index in [2.05, 4.69) is 15.4 Å². The lowest BCUT2D eigenvalue weighted by molar-refractivity contribution is -0.111. The molecule has 2 N–H and O–H groups in total. The summed E-state index contributed by atoms with van der Waals surface area (Å²) in [5, 5.41) is 5.12. The van der Waals surface area contributed by atoms with E-state index in [1.807, 2.05) is 0 Å². The minimum absolute atomic E-state index is 0.0137. The van der Waals surface area contributed by atoms with Gasteiger partial charge in [-0.15, -0.1) is 0 Å². The fourth-order valence-electron chi connectivity index (χ4n) is 1.97. The van der Waals surface area contributed by atoms with Gasteiger partial charge in [-0.2, -0.15) is 8.78 Å². The third-order valence-corrected chi connectivity index (χ3v) is 3.17. The molecule has 130 valence electrons. The Morgan fingerprint density at radius 2 is 1.68 bits per heavy atom. The van der Waals surface area contributed by atoms with Crippen molar-refractivity contribution in [1.29, 1.82) is 0 Å². The molecule has 5 nitrogen and oxygen atoms in total. The number of benzene rings is 2. The second-order valence-electron chi connectivity index (χ2n) is 4.93. The summed E-state index contributed by atoms with van der Waals surface area (Å²) in [4.78, 5) is 23.3. The van der Waals surface area contributed by atoms with E-state index < -0.39 is 6.61 Å². The SMILES string of the molecule is CNC(=O)c1ccc(/C=C/C(=O)Nc2ccc(OC(F)F)cc2)cc1. The molecule has 0 bridgehead atoms. The van der Waals surface area contributed by atoms with E-state index in [0.717, 1.165) is 5.56 Å². The summed E-state index contributed by atoms with van der Waals surface area (Å²) in [7, 11) is 1.55. The van der Waals surface area contributed by atoms with Gasteiger partial charge in [0.15, 0.2) is 0 Å². The van der Waals surface area contributed by atoms with E-state index in [0.29, 0.717) is 11.3 Å². The Labute approximate surface area is 143 Å². The fraction of sp³-hybridized carbons (Fsp3) is 0.111. The molecular formula is C18H16F2N2O3. The van der Waals surface area contributed by atoms with Crippen molar-refractivity contribution >= 4 is 23.6 Å². The Morgan fingerprint density at radius 3 is 2.24 bits per heavy atom. The average molecular weight is 346 g/mol. The van der Waals surface area contributed by atoms with E-state index in [4.69, 9.17) is 0 Å². The van der Waals surface area contributed by atoms with E-state index in [-0.39, 0.29) is 17.6 Å². The minimum atomic E-state index is -2.89. The molecule has 0 heterocycles. The van der Waals surface area contributed by atoms with Crippen molar-refractivity contribution in [1.82, 2.24) is 5.32 Å². The van der Waals surface area contributed by atoms with Crippen LogP contribution in [0.4, 0.5) is 14.5 Å². The number of alkyl halides is 2. The summed E-state index contributed by atoms with van der Waals surface area (Å²) in [5.41, 5.74) is 1.73. The largest absolute Gasteiger partial charge is 0.435 e. The van der Waals surface area contributed by atoms with Crippen LogP contribution in [0.1, 0.15) is 15.9 Å². The van der Waals surface area contributed by atoms with Crippen molar-refractivity contribution < 1.29 is 23.1 Å². The maximum absolute atomic E-state index is 12.1. The maximum atomic E-state index is 12.1. The lowest BCUT2D eigenvalue weighted by Crippen LogP contribution is -2.17. The maximum Gasteiger partial charge on any atom is 0.387 e. The van der Waals surface area contributed by atoms with Crippen LogP contribution in [0.2, 0.25) is 0 Å². The molecule has 25 heavy (non-hydrogen) atoms. The molecule has 0 aliphatic carbocycles. The van der Waals surface area contributed by atoms with Crippen molar-refractivity contribution in [2.24, 2.45) is 0 Å². The van der Waals surface area contributed by atoms with Crippen LogP contribution in [-0.4, -0.2) is 25.5 Å². The normalized spacial score (nSPS) is 10.7. The number of carbonyl (C=O) groups is 2. The molecule has 2 aromatic carbocycles. The van der Waals surface area contributed by atoms with Crippen LogP contribution in [0.25, 0.3) is 6.08 Å². The van der Waals surface area contributed by atoms with Crippen molar-refractivity contribution in [2.45, 2.75) is 6.61 Å². The van der Waals surface area contributed by atoms with E-state index in [1.54, 1.807) is 37.4 Å². The highest BCUT2D eigenvalue weighted by Crippen LogP contribution is 2.17. The summed E-state index contributed by atoms with van der Waals surface area (Å²) < 4.78 is 28.3. The Bertz CT molecular complexity index is 757. The number of nitrogens with one attached hydrogen (secondary N) is 2. The summed E-state index contributed by atoms with van der Waals surface area (Å²) in [6, 6.07) is 12.3. The highest BCUT2D eigenvalue weighted by atomic mass is 19.3. The van der Waals surface area contributed by atoms with Crippen LogP contribution in [0.15, 0.2) is 54.6 Å². The number of hydrogen-bond acceptors (Lipinski definition) is 3. The van der Waals surface area contributed by atoms with Crippen LogP contribution < -0.4 is 15.4 Å². The van der Waals surface area contributed by atoms with Crippen LogP contribution in [-0.2, 0) is 4.79 Å². The van der Waals surface area contributed by atoms with Crippen LogP contribution >= 0.6 is 0 Å². The van der Waals surface area contributed by atoms with Crippen molar-refractivity contribution in [3.05, 3.63) is 65.7 Å². The van der Waals surface area contributed by atoms with E-state index in [9.17, 15) is 18.4 Å². The standard InChI is InChI=1S/C18H16F2N2O3/c1-21-17(24)13-5-2-12(3-6-13)4-11-16(23)22-14-7-9-15(10-8-14)25-18(19)20/h2-11,18H,1H3,(H,21,24)(H,22,23)/b11-4+. The molecule has 0 aromatic heterocycles. The first-order chi connectivity index (χ1) is 12.0. The second-order valence-corrected chi connectivity index (χ2v) is 4.93. The molecule has 0 fully saturated rings. The molecule has 0 radical (unpaired) electrons. The van der Waals surface area contributed by atoms with E-state index >= 15 is 0 Å². The Hall–Kier alpha value is -3.22. The van der Waals surface area contributed by atoms with Gasteiger partial charge < -0.3 is 15.4 Å². The number of hydrogen-bond donors (Lipinski definition) is 2. The van der Waals surface area contributed by atoms with Gasteiger partial charge in [0, 0.05) is 24.4 Å². The third-order valence-electron chi connectivity index (χ3n) is 3.17. The quantitative estimate of drug-likeness (QED) is 0.789. The first-order valence-corrected chi connectivity index (χ1v) is 7.34. The first-order valence-electron chi connectivity index (χ1n) is 7.34. The monoisotopic (exact) mass is 346 g/mol. The van der Waals surface area contributed by atoms with Gasteiger partial charge in [-0.25, -0.2) is 0 Å². The van der Waals surface area contributed by atoms with Gasteiger partial charge in [-0.05, 0) is 48.0 Å². The summed E-state index contributed by atoms with van der Waals surface area (Å²) in [6.07, 6.45) is 2.93. The molecular weight excluding hydrogens is 330 g/mol. The number of carbonyl (C=O) groups excluding carboxylic acids is 2. The molecule has 0 saturated heterocycles. The molecule has 0 spiro atoms. The van der Waals surface area contributed by atoms with Crippen LogP contribution in [0.3, 0.4) is 0 Å². The Morgan fingerprint density at radius 1 is 1.04 bits per heavy atom. The zero-order valence-electron chi connectivity index (χ0n) is 13.3. The van der Waals surface area contributed by atoms with Crippen molar-refractivity contribution in [2.75, 3.05) is 12.4 Å². The van der Waals surface area contributed by atoms with Crippen molar-refractivity contribution in [3.63, 3.8) is 0 Å². The van der Waals surface area contributed by atoms with Gasteiger partial charge in [0.2, 0.25) is 5.91 Å². The summed E-state index contributed by atoms with van der Waals surface area (Å²) in [6.45, 7) is -2.89. The lowest BCUT2D eigenvalue weighted by Gasteiger charge is -2.06. The highest BCUT2D eigenvalue weighted by molar-refractivity contribution is 6.02. The van der Waals surface area contributed by atoms with E-state index in [1.165, 1.54) is 30.3 Å². The highest BCUT2D eigenvalue weighted by Gasteiger charge is 2.05. The van der Waals surface area contributed by atoms with Crippen LogP contribution in [0, 0.1) is 0 Å². The Balaban J connectivity index is 1.93. The predicted molar refractivity (Wildman–Crippen MR) is 90.6 cm³/mol. The molecule has 0 aliphatic heterocycles. The fourth-order valence-corrected chi connectivity index (χ4v) is 1.97.